The third-order valence-corrected chi connectivity index (χ3v) is 12.8. The quantitative estimate of drug-likeness (QED) is 0.0946. The van der Waals surface area contributed by atoms with Crippen molar-refractivity contribution < 1.29 is 59.1 Å². The molecule has 1 saturated carbocycles. The molecule has 4 aromatic rings. The second kappa shape index (κ2) is 20.0. The van der Waals surface area contributed by atoms with Crippen LogP contribution in [0.3, 0.4) is 0 Å². The number of rotatable bonds is 15. The van der Waals surface area contributed by atoms with Gasteiger partial charge in [-0.25, -0.2) is 0 Å². The summed E-state index contributed by atoms with van der Waals surface area (Å²) < 4.78 is 29.3. The van der Waals surface area contributed by atoms with Gasteiger partial charge in [-0.05, 0) is 53.9 Å². The molecule has 0 spiro atoms. The van der Waals surface area contributed by atoms with Crippen molar-refractivity contribution in [1.29, 1.82) is 0 Å². The lowest BCUT2D eigenvalue weighted by molar-refractivity contribution is -0.285. The summed E-state index contributed by atoms with van der Waals surface area (Å²) in [4.78, 5) is 15.1. The van der Waals surface area contributed by atoms with Gasteiger partial charge < -0.3 is 54.3 Å². The molecule has 3 fully saturated rings. The number of nitrogens with zero attached hydrogens (tertiary/aromatic N) is 1. The van der Waals surface area contributed by atoms with Crippen molar-refractivity contribution in [2.75, 3.05) is 32.9 Å². The second-order valence-electron chi connectivity index (χ2n) is 16.8. The first-order valence-electron chi connectivity index (χ1n) is 21.4. The lowest BCUT2D eigenvalue weighted by Crippen LogP contribution is -2.57. The standard InChI is InChI=1S/C48H57NO12/c50-38(43(55)45-40(52)27-58-47(60-45)30-11-3-1-4-12-30)24-49(25-39(51)44(56)46-41(53)28-59-48(61-46)31-13-5-2-6-14-31)32-21-19-29(20-22-32)23-42(54)57-26-37-35-17-9-7-15-33(35)34-16-8-10-18-36(34)37/h1-18,29,32,37-41,43-48,50-53,55-56H,19-28H2/t29?,32?,38-,39-,40+,41+,43+,44+,45+,46?,47?,48?/m0/s1. The number of hydrogen-bond acceptors (Lipinski definition) is 13. The second-order valence-corrected chi connectivity index (χ2v) is 16.8. The molecule has 13 heteroatoms. The molecule has 4 aliphatic rings. The number of fused-ring (bicyclic) bond motifs is 3. The van der Waals surface area contributed by atoms with Gasteiger partial charge in [0.05, 0.1) is 25.4 Å². The van der Waals surface area contributed by atoms with Gasteiger partial charge in [0.1, 0.15) is 43.2 Å². The zero-order chi connectivity index (χ0) is 42.5. The van der Waals surface area contributed by atoms with Crippen LogP contribution in [0.1, 0.15) is 72.9 Å². The van der Waals surface area contributed by atoms with Crippen molar-refractivity contribution in [2.45, 2.75) is 105 Å². The van der Waals surface area contributed by atoms with Crippen LogP contribution >= 0.6 is 0 Å². The Hall–Kier alpha value is -4.09. The highest BCUT2D eigenvalue weighted by Gasteiger charge is 2.43. The molecule has 13 nitrogen and oxygen atoms in total. The summed E-state index contributed by atoms with van der Waals surface area (Å²) in [6.45, 7) is -0.257. The first-order chi connectivity index (χ1) is 29.6. The Morgan fingerprint density at radius 2 is 1.07 bits per heavy atom. The first-order valence-corrected chi connectivity index (χ1v) is 21.4. The SMILES string of the molecule is O=C(CC1CCC(N(C[C@H](O)[C@@H](O)[C@@H]2OC(c3ccccc3)OC[C@H]2O)C[C@H](O)[C@@H](O)C2OC(c3ccccc3)OC[C@H]2O)CC1)OCC1c2ccccc2-c2ccccc21. The molecule has 326 valence electrons. The van der Waals surface area contributed by atoms with Crippen molar-refractivity contribution in [3.8, 4) is 11.1 Å². The fourth-order valence-corrected chi connectivity index (χ4v) is 9.42. The van der Waals surface area contributed by atoms with Gasteiger partial charge in [-0.3, -0.25) is 9.69 Å². The Kier molecular flexibility index (Phi) is 14.2. The molecule has 8 rings (SSSR count). The highest BCUT2D eigenvalue weighted by molar-refractivity contribution is 5.79. The van der Waals surface area contributed by atoms with Crippen LogP contribution in [0.25, 0.3) is 11.1 Å². The molecule has 2 aliphatic carbocycles. The van der Waals surface area contributed by atoms with Gasteiger partial charge in [-0.15, -0.1) is 0 Å². The molecule has 0 radical (unpaired) electrons. The lowest BCUT2D eigenvalue weighted by atomic mass is 9.83. The van der Waals surface area contributed by atoms with Crippen LogP contribution in [0.15, 0.2) is 109 Å². The van der Waals surface area contributed by atoms with Gasteiger partial charge in [0, 0.05) is 42.6 Å². The van der Waals surface area contributed by atoms with Gasteiger partial charge in [0.25, 0.3) is 0 Å². The summed E-state index contributed by atoms with van der Waals surface area (Å²) in [5, 5.41) is 67.8. The van der Waals surface area contributed by atoms with Gasteiger partial charge in [0.15, 0.2) is 12.6 Å². The van der Waals surface area contributed by atoms with E-state index >= 15 is 0 Å². The highest BCUT2D eigenvalue weighted by Crippen LogP contribution is 2.45. The van der Waals surface area contributed by atoms with E-state index in [0.29, 0.717) is 36.8 Å². The van der Waals surface area contributed by atoms with Crippen molar-refractivity contribution in [3.05, 3.63) is 131 Å². The maximum Gasteiger partial charge on any atom is 0.306 e. The van der Waals surface area contributed by atoms with E-state index < -0.39 is 61.4 Å². The zero-order valence-corrected chi connectivity index (χ0v) is 34.0. The molecule has 2 saturated heterocycles. The van der Waals surface area contributed by atoms with E-state index in [-0.39, 0.29) is 63.2 Å². The maximum absolute atomic E-state index is 13.3. The van der Waals surface area contributed by atoms with E-state index in [2.05, 4.69) is 24.3 Å². The summed E-state index contributed by atoms with van der Waals surface area (Å²) in [6, 6.07) is 34.4. The van der Waals surface area contributed by atoms with E-state index in [1.54, 1.807) is 0 Å². The fraction of sp³-hybridized carbons (Fsp3) is 0.479. The van der Waals surface area contributed by atoms with Crippen molar-refractivity contribution in [2.24, 2.45) is 5.92 Å². The number of carbonyl (C=O) groups excluding carboxylic acids is 1. The van der Waals surface area contributed by atoms with Crippen LogP contribution in [0.5, 0.6) is 0 Å². The maximum atomic E-state index is 13.3. The molecule has 6 N–H and O–H groups in total. The smallest absolute Gasteiger partial charge is 0.306 e. The number of aliphatic hydroxyl groups excluding tert-OH is 6. The predicted molar refractivity (Wildman–Crippen MR) is 223 cm³/mol. The first kappa shape index (κ1) is 43.6. The van der Waals surface area contributed by atoms with E-state index in [4.69, 9.17) is 23.7 Å². The van der Waals surface area contributed by atoms with Crippen LogP contribution < -0.4 is 0 Å². The summed E-state index contributed by atoms with van der Waals surface area (Å²) >= 11 is 0. The molecule has 4 aromatic carbocycles. The van der Waals surface area contributed by atoms with Crippen LogP contribution in [0.4, 0.5) is 0 Å². The molecule has 0 aromatic heterocycles. The minimum Gasteiger partial charge on any atom is -0.465 e. The highest BCUT2D eigenvalue weighted by atomic mass is 16.7. The van der Waals surface area contributed by atoms with Crippen LogP contribution in [-0.2, 0) is 28.5 Å². The van der Waals surface area contributed by atoms with Gasteiger partial charge in [0.2, 0.25) is 0 Å². The van der Waals surface area contributed by atoms with Crippen molar-refractivity contribution in [1.82, 2.24) is 4.90 Å². The Bertz CT molecular complexity index is 1890. The molecule has 3 unspecified atom stereocenters. The fourth-order valence-electron chi connectivity index (χ4n) is 9.42. The molecule has 2 aliphatic heterocycles. The molecule has 0 bridgehead atoms. The van der Waals surface area contributed by atoms with E-state index in [9.17, 15) is 35.4 Å². The molecule has 2 heterocycles. The number of ether oxygens (including phenoxy) is 5. The molecular formula is C48H57NO12. The Morgan fingerprint density at radius 1 is 0.623 bits per heavy atom. The summed E-state index contributed by atoms with van der Waals surface area (Å²) in [7, 11) is 0. The van der Waals surface area contributed by atoms with Gasteiger partial charge >= 0.3 is 5.97 Å². The van der Waals surface area contributed by atoms with Crippen molar-refractivity contribution in [3.63, 3.8) is 0 Å². The average molecular weight is 840 g/mol. The monoisotopic (exact) mass is 839 g/mol. The van der Waals surface area contributed by atoms with Crippen LogP contribution in [-0.4, -0.2) is 129 Å². The summed E-state index contributed by atoms with van der Waals surface area (Å²) in [6.07, 6.45) is -9.66. The normalized spacial score (nSPS) is 28.6. The summed E-state index contributed by atoms with van der Waals surface area (Å²) in [5.41, 5.74) is 6.03. The zero-order valence-electron chi connectivity index (χ0n) is 34.0. The average Bonchev–Trinajstić information content (AvgIpc) is 3.62. The van der Waals surface area contributed by atoms with E-state index in [1.165, 1.54) is 0 Å². The van der Waals surface area contributed by atoms with Gasteiger partial charge in [-0.2, -0.15) is 0 Å². The number of esters is 1. The Balaban J connectivity index is 0.913. The van der Waals surface area contributed by atoms with Gasteiger partial charge in [-0.1, -0.05) is 109 Å². The molecular weight excluding hydrogens is 783 g/mol. The van der Waals surface area contributed by atoms with Crippen LogP contribution in [0, 0.1) is 5.92 Å². The topological polar surface area (TPSA) is 188 Å². The number of aliphatic hydroxyl groups is 6. The third kappa shape index (κ3) is 10.1. The number of benzene rings is 4. The molecule has 61 heavy (non-hydrogen) atoms. The number of carbonyl (C=O) groups is 1. The van der Waals surface area contributed by atoms with E-state index in [0.717, 1.165) is 22.3 Å². The van der Waals surface area contributed by atoms with E-state index in [1.807, 2.05) is 89.8 Å². The molecule has 0 amide bonds. The van der Waals surface area contributed by atoms with Crippen LogP contribution in [0.2, 0.25) is 0 Å². The lowest BCUT2D eigenvalue weighted by Gasteiger charge is -2.43. The third-order valence-electron chi connectivity index (χ3n) is 12.8. The predicted octanol–water partition coefficient (Wildman–Crippen LogP) is 3.99. The summed E-state index contributed by atoms with van der Waals surface area (Å²) in [5.74, 6) is -0.231. The molecule has 10 atom stereocenters. The largest absolute Gasteiger partial charge is 0.465 e. The van der Waals surface area contributed by atoms with Crippen molar-refractivity contribution >= 4 is 5.97 Å². The minimum absolute atomic E-state index is 0.0297. The minimum atomic E-state index is -1.54. The Labute approximate surface area is 356 Å². The Morgan fingerprint density at radius 3 is 1.54 bits per heavy atom. The number of hydrogen-bond donors (Lipinski definition) is 6.